The highest BCUT2D eigenvalue weighted by Crippen LogP contribution is 2.32. The third-order valence-corrected chi connectivity index (χ3v) is 2.81. The van der Waals surface area contributed by atoms with Crippen molar-refractivity contribution in [2.75, 3.05) is 14.2 Å². The van der Waals surface area contributed by atoms with Crippen molar-refractivity contribution in [1.82, 2.24) is 15.0 Å². The van der Waals surface area contributed by atoms with Gasteiger partial charge in [0.05, 0.1) is 32.3 Å². The molecule has 0 saturated carbocycles. The molecule has 6 nitrogen and oxygen atoms in total. The van der Waals surface area contributed by atoms with Crippen LogP contribution in [0.4, 0.5) is 4.39 Å². The molecule has 106 valence electrons. The minimum atomic E-state index is -1.57. The fourth-order valence-electron chi connectivity index (χ4n) is 1.72. The molecular formula is C13H14FN3O3. The molecule has 2 rings (SSSR count). The van der Waals surface area contributed by atoms with Crippen LogP contribution in [0.15, 0.2) is 24.5 Å². The number of methoxy groups -OCH3 is 2. The molecule has 2 aromatic heterocycles. The van der Waals surface area contributed by atoms with E-state index >= 15 is 0 Å². The Bertz CT molecular complexity index is 602. The predicted molar refractivity (Wildman–Crippen MR) is 68.0 cm³/mol. The van der Waals surface area contributed by atoms with Gasteiger partial charge in [-0.3, -0.25) is 4.98 Å². The monoisotopic (exact) mass is 279 g/mol. The molecule has 1 atom stereocenters. The average molecular weight is 279 g/mol. The molecule has 0 bridgehead atoms. The van der Waals surface area contributed by atoms with Gasteiger partial charge in [0.25, 0.3) is 0 Å². The molecule has 7 heteroatoms. The van der Waals surface area contributed by atoms with Crippen molar-refractivity contribution in [1.29, 1.82) is 0 Å². The van der Waals surface area contributed by atoms with E-state index in [9.17, 15) is 9.50 Å². The van der Waals surface area contributed by atoms with Gasteiger partial charge in [-0.15, -0.1) is 0 Å². The van der Waals surface area contributed by atoms with Crippen LogP contribution in [-0.4, -0.2) is 34.3 Å². The van der Waals surface area contributed by atoms with Crippen molar-refractivity contribution in [3.05, 3.63) is 41.7 Å². The van der Waals surface area contributed by atoms with Gasteiger partial charge in [-0.2, -0.15) is 4.98 Å². The van der Waals surface area contributed by atoms with Gasteiger partial charge >= 0.3 is 0 Å². The first kappa shape index (κ1) is 14.1. The van der Waals surface area contributed by atoms with Crippen molar-refractivity contribution in [3.8, 4) is 11.8 Å². The summed E-state index contributed by atoms with van der Waals surface area (Å²) in [4.78, 5) is 12.0. The Hall–Kier alpha value is -2.28. The smallest absolute Gasteiger partial charge is 0.242 e. The van der Waals surface area contributed by atoms with Crippen molar-refractivity contribution >= 4 is 0 Å². The largest absolute Gasteiger partial charge is 0.480 e. The molecule has 0 aromatic carbocycles. The number of rotatable bonds is 4. The lowest BCUT2D eigenvalue weighted by atomic mass is 9.97. The zero-order valence-electron chi connectivity index (χ0n) is 11.3. The van der Waals surface area contributed by atoms with Gasteiger partial charge in [-0.05, 0) is 19.1 Å². The Kier molecular flexibility index (Phi) is 3.80. The van der Waals surface area contributed by atoms with Gasteiger partial charge in [-0.25, -0.2) is 9.37 Å². The molecule has 0 aliphatic rings. The van der Waals surface area contributed by atoms with Crippen LogP contribution >= 0.6 is 0 Å². The second-order valence-electron chi connectivity index (χ2n) is 4.20. The zero-order chi connectivity index (χ0) is 14.8. The molecule has 2 heterocycles. The number of nitrogens with zero attached hydrogens (tertiary/aromatic N) is 3. The minimum absolute atomic E-state index is 0.112. The van der Waals surface area contributed by atoms with Crippen LogP contribution in [0.25, 0.3) is 0 Å². The number of aromatic nitrogens is 3. The fraction of sp³-hybridized carbons (Fsp3) is 0.308. The highest BCUT2D eigenvalue weighted by molar-refractivity contribution is 5.34. The molecule has 0 spiro atoms. The summed E-state index contributed by atoms with van der Waals surface area (Å²) in [7, 11) is 2.85. The van der Waals surface area contributed by atoms with E-state index in [4.69, 9.17) is 9.47 Å². The normalized spacial score (nSPS) is 13.7. The maximum Gasteiger partial charge on any atom is 0.242 e. The summed E-state index contributed by atoms with van der Waals surface area (Å²) in [5.41, 5.74) is -1.17. The van der Waals surface area contributed by atoms with Crippen molar-refractivity contribution in [3.63, 3.8) is 0 Å². The fourth-order valence-corrected chi connectivity index (χ4v) is 1.72. The van der Waals surface area contributed by atoms with Gasteiger partial charge in [0.1, 0.15) is 11.5 Å². The van der Waals surface area contributed by atoms with E-state index in [0.29, 0.717) is 0 Å². The third kappa shape index (κ3) is 2.53. The summed E-state index contributed by atoms with van der Waals surface area (Å²) < 4.78 is 23.0. The Labute approximate surface area is 115 Å². The maximum absolute atomic E-state index is 12.9. The highest BCUT2D eigenvalue weighted by Gasteiger charge is 2.33. The Morgan fingerprint density at radius 2 is 1.90 bits per heavy atom. The molecule has 1 N–H and O–H groups in total. The molecule has 2 aromatic rings. The molecule has 0 saturated heterocycles. The number of ether oxygens (including phenoxy) is 2. The van der Waals surface area contributed by atoms with Gasteiger partial charge in [0.2, 0.25) is 11.8 Å². The van der Waals surface area contributed by atoms with E-state index in [2.05, 4.69) is 15.0 Å². The topological polar surface area (TPSA) is 77.4 Å². The van der Waals surface area contributed by atoms with E-state index in [1.165, 1.54) is 39.5 Å². The van der Waals surface area contributed by atoms with Crippen molar-refractivity contribution < 1.29 is 19.0 Å². The van der Waals surface area contributed by atoms with Crippen LogP contribution in [0.3, 0.4) is 0 Å². The second kappa shape index (κ2) is 5.38. The van der Waals surface area contributed by atoms with Crippen molar-refractivity contribution in [2.45, 2.75) is 12.5 Å². The first-order valence-corrected chi connectivity index (χ1v) is 5.79. The van der Waals surface area contributed by atoms with E-state index in [1.807, 2.05) is 0 Å². The number of halogens is 1. The molecule has 20 heavy (non-hydrogen) atoms. The van der Waals surface area contributed by atoms with E-state index in [1.54, 1.807) is 0 Å². The molecule has 0 radical (unpaired) electrons. The quantitative estimate of drug-likeness (QED) is 0.908. The van der Waals surface area contributed by atoms with Crippen LogP contribution in [0, 0.1) is 5.82 Å². The maximum atomic E-state index is 12.9. The van der Waals surface area contributed by atoms with Crippen LogP contribution < -0.4 is 9.47 Å². The lowest BCUT2D eigenvalue weighted by Crippen LogP contribution is -2.27. The van der Waals surface area contributed by atoms with Crippen LogP contribution in [0.5, 0.6) is 11.8 Å². The summed E-state index contributed by atoms with van der Waals surface area (Å²) in [5, 5.41) is 10.6. The van der Waals surface area contributed by atoms with Crippen LogP contribution in [0.2, 0.25) is 0 Å². The van der Waals surface area contributed by atoms with E-state index in [0.717, 1.165) is 6.20 Å². The average Bonchev–Trinajstić information content (AvgIpc) is 2.46. The molecule has 1 unspecified atom stereocenters. The lowest BCUT2D eigenvalue weighted by Gasteiger charge is -2.23. The van der Waals surface area contributed by atoms with Gasteiger partial charge in [-0.1, -0.05) is 0 Å². The molecule has 0 fully saturated rings. The van der Waals surface area contributed by atoms with Crippen LogP contribution in [0.1, 0.15) is 18.3 Å². The van der Waals surface area contributed by atoms with Gasteiger partial charge in [0.15, 0.2) is 5.60 Å². The predicted octanol–water partition coefficient (Wildman–Crippen LogP) is 1.28. The third-order valence-electron chi connectivity index (χ3n) is 2.81. The van der Waals surface area contributed by atoms with Gasteiger partial charge in [0, 0.05) is 0 Å². The number of aliphatic hydroxyl groups is 1. The summed E-state index contributed by atoms with van der Waals surface area (Å²) >= 11 is 0. The summed E-state index contributed by atoms with van der Waals surface area (Å²) in [6.07, 6.45) is 2.38. The lowest BCUT2D eigenvalue weighted by molar-refractivity contribution is 0.0878. The number of pyridine rings is 1. The van der Waals surface area contributed by atoms with Gasteiger partial charge < -0.3 is 14.6 Å². The highest BCUT2D eigenvalue weighted by atomic mass is 19.1. The summed E-state index contributed by atoms with van der Waals surface area (Å²) in [5.74, 6) is -0.119. The molecular weight excluding hydrogens is 265 g/mol. The van der Waals surface area contributed by atoms with E-state index < -0.39 is 11.4 Å². The Morgan fingerprint density at radius 1 is 1.15 bits per heavy atom. The van der Waals surface area contributed by atoms with Crippen molar-refractivity contribution in [2.24, 2.45) is 0 Å². The summed E-state index contributed by atoms with van der Waals surface area (Å²) in [6.45, 7) is 1.48. The number of hydrogen-bond donors (Lipinski definition) is 1. The summed E-state index contributed by atoms with van der Waals surface area (Å²) in [6, 6.07) is 2.58. The second-order valence-corrected chi connectivity index (χ2v) is 4.20. The standard InChI is InChI=1S/C13H14FN3O3/c1-13(18,9-5-4-8(14)6-15-9)11-12(20-3)17-10(19-2)7-16-11/h4-7,18H,1-3H3. The zero-order valence-corrected chi connectivity index (χ0v) is 11.3. The minimum Gasteiger partial charge on any atom is -0.480 e. The Morgan fingerprint density at radius 3 is 2.45 bits per heavy atom. The number of hydrogen-bond acceptors (Lipinski definition) is 6. The molecule has 0 amide bonds. The first-order chi connectivity index (χ1) is 9.48. The van der Waals surface area contributed by atoms with Crippen LogP contribution in [-0.2, 0) is 5.60 Å². The first-order valence-electron chi connectivity index (χ1n) is 5.79. The molecule has 0 aliphatic heterocycles. The SMILES string of the molecule is COc1cnc(C(C)(O)c2ccc(F)cn2)c(OC)n1. The Balaban J connectivity index is 2.50. The molecule has 0 aliphatic carbocycles. The van der Waals surface area contributed by atoms with E-state index in [-0.39, 0.29) is 23.1 Å².